The van der Waals surface area contributed by atoms with Crippen LogP contribution in [0, 0.1) is 6.92 Å². The Balaban J connectivity index is 1.58. The standard InChI is InChI=1S/C19H21N3O4/c1-11-13-7-8-22(18(13)21-10-20-11)19-16(25)15(24)17(26-19)14(23)9-12-5-3-2-4-6-12/h2-8,10,14-17,19,23-25H,9H2,1H3. The molecule has 3 aromatic rings. The number of aliphatic hydroxyl groups is 3. The first-order chi connectivity index (χ1) is 12.6. The van der Waals surface area contributed by atoms with E-state index in [1.807, 2.05) is 43.3 Å². The highest BCUT2D eigenvalue weighted by Crippen LogP contribution is 2.34. The van der Waals surface area contributed by atoms with Crippen LogP contribution in [0.25, 0.3) is 11.0 Å². The van der Waals surface area contributed by atoms with Gasteiger partial charge in [-0.2, -0.15) is 0 Å². The third-order valence-electron chi connectivity index (χ3n) is 4.92. The molecule has 1 fully saturated rings. The first-order valence-electron chi connectivity index (χ1n) is 8.58. The highest BCUT2D eigenvalue weighted by molar-refractivity contribution is 5.78. The van der Waals surface area contributed by atoms with Crippen molar-refractivity contribution in [1.29, 1.82) is 0 Å². The summed E-state index contributed by atoms with van der Waals surface area (Å²) in [7, 11) is 0. The molecule has 3 N–H and O–H groups in total. The van der Waals surface area contributed by atoms with Crippen molar-refractivity contribution in [2.45, 2.75) is 44.0 Å². The zero-order chi connectivity index (χ0) is 18.3. The number of aromatic nitrogens is 3. The zero-order valence-corrected chi connectivity index (χ0v) is 14.3. The summed E-state index contributed by atoms with van der Waals surface area (Å²) in [4.78, 5) is 8.41. The number of hydrogen-bond acceptors (Lipinski definition) is 6. The SMILES string of the molecule is Cc1ncnc2c1ccn2C1OC(C(O)Cc2ccccc2)C(O)C1O. The van der Waals surface area contributed by atoms with Gasteiger partial charge >= 0.3 is 0 Å². The number of benzene rings is 1. The van der Waals surface area contributed by atoms with Crippen LogP contribution in [0.5, 0.6) is 0 Å². The van der Waals surface area contributed by atoms with Gasteiger partial charge in [0.05, 0.1) is 11.8 Å². The van der Waals surface area contributed by atoms with Gasteiger partial charge in [-0.05, 0) is 18.6 Å². The maximum Gasteiger partial charge on any atom is 0.164 e. The van der Waals surface area contributed by atoms with Gasteiger partial charge in [0.1, 0.15) is 30.3 Å². The smallest absolute Gasteiger partial charge is 0.164 e. The minimum absolute atomic E-state index is 0.329. The number of aliphatic hydroxyl groups excluding tert-OH is 3. The second kappa shape index (κ2) is 6.77. The molecule has 0 bridgehead atoms. The van der Waals surface area contributed by atoms with Gasteiger partial charge in [0.15, 0.2) is 6.23 Å². The van der Waals surface area contributed by atoms with E-state index >= 15 is 0 Å². The van der Waals surface area contributed by atoms with E-state index in [4.69, 9.17) is 4.74 Å². The molecule has 136 valence electrons. The van der Waals surface area contributed by atoms with Crippen LogP contribution in [0.4, 0.5) is 0 Å². The van der Waals surface area contributed by atoms with Gasteiger partial charge in [0, 0.05) is 18.0 Å². The molecule has 1 aromatic carbocycles. The Hall–Kier alpha value is -2.32. The van der Waals surface area contributed by atoms with Crippen molar-refractivity contribution in [3.05, 3.63) is 60.2 Å². The van der Waals surface area contributed by atoms with Crippen LogP contribution in [-0.2, 0) is 11.2 Å². The minimum Gasteiger partial charge on any atom is -0.390 e. The van der Waals surface area contributed by atoms with Gasteiger partial charge < -0.3 is 24.6 Å². The van der Waals surface area contributed by atoms with Gasteiger partial charge in [0.2, 0.25) is 0 Å². The number of nitrogens with zero attached hydrogens (tertiary/aromatic N) is 3. The summed E-state index contributed by atoms with van der Waals surface area (Å²) in [6, 6.07) is 11.3. The van der Waals surface area contributed by atoms with Crippen LogP contribution >= 0.6 is 0 Å². The molecule has 0 spiro atoms. The lowest BCUT2D eigenvalue weighted by atomic mass is 9.99. The predicted molar refractivity (Wildman–Crippen MR) is 94.3 cm³/mol. The molecule has 0 saturated carbocycles. The fourth-order valence-electron chi connectivity index (χ4n) is 3.51. The fourth-order valence-corrected chi connectivity index (χ4v) is 3.51. The van der Waals surface area contributed by atoms with Gasteiger partial charge in [-0.15, -0.1) is 0 Å². The van der Waals surface area contributed by atoms with Crippen LogP contribution in [0.3, 0.4) is 0 Å². The lowest BCUT2D eigenvalue weighted by molar-refractivity contribution is -0.0827. The highest BCUT2D eigenvalue weighted by atomic mass is 16.6. The molecule has 0 amide bonds. The zero-order valence-electron chi connectivity index (χ0n) is 14.3. The Morgan fingerprint density at radius 3 is 2.65 bits per heavy atom. The summed E-state index contributed by atoms with van der Waals surface area (Å²) in [5, 5.41) is 32.3. The summed E-state index contributed by atoms with van der Waals surface area (Å²) < 4.78 is 7.54. The van der Waals surface area contributed by atoms with E-state index < -0.39 is 30.6 Å². The van der Waals surface area contributed by atoms with E-state index in [0.717, 1.165) is 16.6 Å². The maximum absolute atomic E-state index is 10.5. The molecule has 7 heteroatoms. The van der Waals surface area contributed by atoms with Crippen molar-refractivity contribution in [3.63, 3.8) is 0 Å². The molecule has 26 heavy (non-hydrogen) atoms. The van der Waals surface area contributed by atoms with Crippen molar-refractivity contribution >= 4 is 11.0 Å². The van der Waals surface area contributed by atoms with E-state index in [9.17, 15) is 15.3 Å². The van der Waals surface area contributed by atoms with Crippen LogP contribution in [0.2, 0.25) is 0 Å². The van der Waals surface area contributed by atoms with Gasteiger partial charge in [-0.1, -0.05) is 30.3 Å². The molecule has 3 heterocycles. The summed E-state index contributed by atoms with van der Waals surface area (Å²) >= 11 is 0. The summed E-state index contributed by atoms with van der Waals surface area (Å²) in [5.41, 5.74) is 2.37. The maximum atomic E-state index is 10.5. The second-order valence-electron chi connectivity index (χ2n) is 6.65. The molecule has 1 aliphatic rings. The Kier molecular flexibility index (Phi) is 4.46. The summed E-state index contributed by atoms with van der Waals surface area (Å²) in [5.74, 6) is 0. The highest BCUT2D eigenvalue weighted by Gasteiger charge is 2.47. The van der Waals surface area contributed by atoms with Crippen molar-refractivity contribution in [2.24, 2.45) is 0 Å². The van der Waals surface area contributed by atoms with E-state index in [-0.39, 0.29) is 0 Å². The normalized spacial score (nSPS) is 27.1. The molecule has 5 unspecified atom stereocenters. The van der Waals surface area contributed by atoms with Crippen LogP contribution in [0.15, 0.2) is 48.9 Å². The number of ether oxygens (including phenoxy) is 1. The molecule has 4 rings (SSSR count). The Bertz CT molecular complexity index is 898. The topological polar surface area (TPSA) is 101 Å². The Morgan fingerprint density at radius 2 is 1.88 bits per heavy atom. The van der Waals surface area contributed by atoms with Crippen LogP contribution in [0.1, 0.15) is 17.5 Å². The summed E-state index contributed by atoms with van der Waals surface area (Å²) in [6.07, 6.45) is -1.49. The lowest BCUT2D eigenvalue weighted by Gasteiger charge is -2.21. The third-order valence-corrected chi connectivity index (χ3v) is 4.92. The van der Waals surface area contributed by atoms with Crippen molar-refractivity contribution < 1.29 is 20.1 Å². The van der Waals surface area contributed by atoms with Gasteiger partial charge in [0.25, 0.3) is 0 Å². The van der Waals surface area contributed by atoms with E-state index in [2.05, 4.69) is 9.97 Å². The molecule has 2 aromatic heterocycles. The number of hydrogen-bond donors (Lipinski definition) is 3. The second-order valence-corrected chi connectivity index (χ2v) is 6.65. The molecule has 0 radical (unpaired) electrons. The Labute approximate surface area is 150 Å². The molecule has 7 nitrogen and oxygen atoms in total. The molecule has 1 saturated heterocycles. The molecule has 0 aliphatic carbocycles. The molecular formula is C19H21N3O4. The quantitative estimate of drug-likeness (QED) is 0.645. The predicted octanol–water partition coefficient (Wildman–Crippen LogP) is 0.963. The monoisotopic (exact) mass is 355 g/mol. The average Bonchev–Trinajstić information content (AvgIpc) is 3.19. The number of rotatable bonds is 4. The lowest BCUT2D eigenvalue weighted by Crippen LogP contribution is -2.39. The van der Waals surface area contributed by atoms with Gasteiger partial charge in [-0.25, -0.2) is 9.97 Å². The van der Waals surface area contributed by atoms with Crippen LogP contribution < -0.4 is 0 Å². The number of fused-ring (bicyclic) bond motifs is 1. The molecule has 5 atom stereocenters. The van der Waals surface area contributed by atoms with E-state index in [0.29, 0.717) is 12.1 Å². The Morgan fingerprint density at radius 1 is 1.12 bits per heavy atom. The average molecular weight is 355 g/mol. The van der Waals surface area contributed by atoms with E-state index in [1.165, 1.54) is 6.33 Å². The van der Waals surface area contributed by atoms with Crippen molar-refractivity contribution in [1.82, 2.24) is 14.5 Å². The molecule has 1 aliphatic heterocycles. The van der Waals surface area contributed by atoms with E-state index in [1.54, 1.807) is 10.8 Å². The molecular weight excluding hydrogens is 334 g/mol. The minimum atomic E-state index is -1.20. The van der Waals surface area contributed by atoms with Crippen LogP contribution in [-0.4, -0.2) is 54.3 Å². The first-order valence-corrected chi connectivity index (χ1v) is 8.58. The van der Waals surface area contributed by atoms with Crippen molar-refractivity contribution in [3.8, 4) is 0 Å². The first kappa shape index (κ1) is 17.1. The number of aryl methyl sites for hydroxylation is 1. The largest absolute Gasteiger partial charge is 0.390 e. The summed E-state index contributed by atoms with van der Waals surface area (Å²) in [6.45, 7) is 1.88. The van der Waals surface area contributed by atoms with Gasteiger partial charge in [-0.3, -0.25) is 0 Å². The third kappa shape index (κ3) is 2.89. The van der Waals surface area contributed by atoms with Crippen molar-refractivity contribution in [2.75, 3.05) is 0 Å². The fraction of sp³-hybridized carbons (Fsp3) is 0.368.